The lowest BCUT2D eigenvalue weighted by atomic mass is 10.2. The Balaban J connectivity index is 2.13. The molecule has 0 spiro atoms. The molecule has 2 amide bonds. The normalized spacial score (nSPS) is 11.4. The zero-order valence-electron chi connectivity index (χ0n) is 14.5. The van der Waals surface area contributed by atoms with E-state index in [0.29, 0.717) is 22.8 Å². The van der Waals surface area contributed by atoms with Gasteiger partial charge >= 0.3 is 0 Å². The van der Waals surface area contributed by atoms with Gasteiger partial charge in [-0.1, -0.05) is 11.6 Å². The van der Waals surface area contributed by atoms with Crippen LogP contribution in [-0.2, 0) is 9.59 Å². The van der Waals surface area contributed by atoms with Crippen molar-refractivity contribution in [2.45, 2.75) is 19.9 Å². The van der Waals surface area contributed by atoms with Crippen LogP contribution in [0.3, 0.4) is 0 Å². The number of hydrogen-bond donors (Lipinski definition) is 3. The second kappa shape index (κ2) is 8.53. The fourth-order valence-electron chi connectivity index (χ4n) is 2.23. The van der Waals surface area contributed by atoms with Crippen molar-refractivity contribution in [3.63, 3.8) is 0 Å². The minimum Gasteiger partial charge on any atom is -0.495 e. The van der Waals surface area contributed by atoms with E-state index in [4.69, 9.17) is 16.3 Å². The topological polar surface area (TPSA) is 79.5 Å². The maximum atomic E-state index is 13.1. The molecule has 0 aliphatic carbocycles. The zero-order valence-corrected chi connectivity index (χ0v) is 15.3. The highest BCUT2D eigenvalue weighted by Gasteiger charge is 2.17. The van der Waals surface area contributed by atoms with Gasteiger partial charge < -0.3 is 20.7 Å². The van der Waals surface area contributed by atoms with Gasteiger partial charge in [0.2, 0.25) is 11.8 Å². The molecule has 2 rings (SSSR count). The standard InChI is InChI=1S/C18H19ClFN3O3/c1-10(18(25)23-15-6-4-12(20)8-14(15)19)21-16-9-13(22-11(2)24)5-7-17(16)26-3/h4-10,21H,1-3H3,(H,22,24)(H,23,25). The van der Waals surface area contributed by atoms with E-state index in [1.54, 1.807) is 25.1 Å². The van der Waals surface area contributed by atoms with E-state index in [1.807, 2.05) is 0 Å². The molecule has 2 aromatic rings. The van der Waals surface area contributed by atoms with E-state index in [2.05, 4.69) is 16.0 Å². The predicted octanol–water partition coefficient (Wildman–Crippen LogP) is 3.89. The maximum absolute atomic E-state index is 13.1. The van der Waals surface area contributed by atoms with Crippen LogP contribution < -0.4 is 20.7 Å². The molecule has 0 saturated heterocycles. The first-order chi connectivity index (χ1) is 12.3. The molecule has 8 heteroatoms. The van der Waals surface area contributed by atoms with Crippen molar-refractivity contribution in [1.82, 2.24) is 0 Å². The third-order valence-corrected chi connectivity index (χ3v) is 3.79. The van der Waals surface area contributed by atoms with Gasteiger partial charge in [-0.25, -0.2) is 4.39 Å². The van der Waals surface area contributed by atoms with Crippen LogP contribution >= 0.6 is 11.6 Å². The van der Waals surface area contributed by atoms with E-state index in [9.17, 15) is 14.0 Å². The second-order valence-electron chi connectivity index (χ2n) is 5.58. The molecule has 26 heavy (non-hydrogen) atoms. The Bertz CT molecular complexity index is 829. The summed E-state index contributed by atoms with van der Waals surface area (Å²) in [6.07, 6.45) is 0. The molecule has 0 radical (unpaired) electrons. The lowest BCUT2D eigenvalue weighted by molar-refractivity contribution is -0.116. The molecule has 138 valence electrons. The lowest BCUT2D eigenvalue weighted by Crippen LogP contribution is -2.32. The van der Waals surface area contributed by atoms with Crippen LogP contribution in [0.5, 0.6) is 5.75 Å². The molecule has 2 aromatic carbocycles. The molecule has 0 bridgehead atoms. The molecule has 0 aliphatic rings. The van der Waals surface area contributed by atoms with Crippen LogP contribution in [0.2, 0.25) is 5.02 Å². The van der Waals surface area contributed by atoms with Crippen LogP contribution in [0, 0.1) is 5.82 Å². The quantitative estimate of drug-likeness (QED) is 0.711. The molecule has 0 saturated carbocycles. The third-order valence-electron chi connectivity index (χ3n) is 3.47. The maximum Gasteiger partial charge on any atom is 0.246 e. The lowest BCUT2D eigenvalue weighted by Gasteiger charge is -2.18. The van der Waals surface area contributed by atoms with Crippen molar-refractivity contribution < 1.29 is 18.7 Å². The van der Waals surface area contributed by atoms with Crippen molar-refractivity contribution >= 4 is 40.5 Å². The monoisotopic (exact) mass is 379 g/mol. The van der Waals surface area contributed by atoms with Crippen molar-refractivity contribution in [3.05, 3.63) is 47.2 Å². The minimum absolute atomic E-state index is 0.107. The number of nitrogens with one attached hydrogen (secondary N) is 3. The molecule has 1 unspecified atom stereocenters. The van der Waals surface area contributed by atoms with E-state index in [1.165, 1.54) is 26.2 Å². The molecule has 3 N–H and O–H groups in total. The van der Waals surface area contributed by atoms with Crippen molar-refractivity contribution in [2.75, 3.05) is 23.1 Å². The number of ether oxygens (including phenoxy) is 1. The molecule has 0 fully saturated rings. The number of amides is 2. The Hall–Kier alpha value is -2.80. The number of hydrogen-bond acceptors (Lipinski definition) is 4. The largest absolute Gasteiger partial charge is 0.495 e. The summed E-state index contributed by atoms with van der Waals surface area (Å²) in [7, 11) is 1.50. The van der Waals surface area contributed by atoms with Gasteiger partial charge in [0.1, 0.15) is 17.6 Å². The van der Waals surface area contributed by atoms with Gasteiger partial charge in [0.05, 0.1) is 23.5 Å². The number of methoxy groups -OCH3 is 1. The fraction of sp³-hybridized carbons (Fsp3) is 0.222. The number of anilines is 3. The Labute approximate surface area is 155 Å². The predicted molar refractivity (Wildman–Crippen MR) is 100 cm³/mol. The van der Waals surface area contributed by atoms with Crippen molar-refractivity contribution in [1.29, 1.82) is 0 Å². The Morgan fingerprint density at radius 2 is 1.85 bits per heavy atom. The Kier molecular flexibility index (Phi) is 6.41. The highest BCUT2D eigenvalue weighted by Crippen LogP contribution is 2.29. The summed E-state index contributed by atoms with van der Waals surface area (Å²) in [4.78, 5) is 23.6. The SMILES string of the molecule is COc1ccc(NC(C)=O)cc1NC(C)C(=O)Nc1ccc(F)cc1Cl. The molecule has 0 aromatic heterocycles. The van der Waals surface area contributed by atoms with Crippen LogP contribution in [-0.4, -0.2) is 25.0 Å². The summed E-state index contributed by atoms with van der Waals surface area (Å²) in [6, 6.07) is 8.09. The van der Waals surface area contributed by atoms with Gasteiger partial charge in [0, 0.05) is 12.6 Å². The van der Waals surface area contributed by atoms with Gasteiger partial charge in [-0.3, -0.25) is 9.59 Å². The minimum atomic E-state index is -0.655. The van der Waals surface area contributed by atoms with Crippen LogP contribution in [0.15, 0.2) is 36.4 Å². The first kappa shape index (κ1) is 19.5. The van der Waals surface area contributed by atoms with Gasteiger partial charge in [0.15, 0.2) is 0 Å². The van der Waals surface area contributed by atoms with Gasteiger partial charge in [-0.2, -0.15) is 0 Å². The number of carbonyl (C=O) groups is 2. The van der Waals surface area contributed by atoms with E-state index >= 15 is 0 Å². The fourth-order valence-corrected chi connectivity index (χ4v) is 2.45. The summed E-state index contributed by atoms with van der Waals surface area (Å²) in [5.41, 5.74) is 1.41. The van der Waals surface area contributed by atoms with Crippen LogP contribution in [0.25, 0.3) is 0 Å². The van der Waals surface area contributed by atoms with Gasteiger partial charge in [-0.05, 0) is 43.3 Å². The average Bonchev–Trinajstić information content (AvgIpc) is 2.57. The number of rotatable bonds is 6. The van der Waals surface area contributed by atoms with Gasteiger partial charge in [-0.15, -0.1) is 0 Å². The van der Waals surface area contributed by atoms with Gasteiger partial charge in [0.25, 0.3) is 0 Å². The van der Waals surface area contributed by atoms with E-state index < -0.39 is 11.9 Å². The van der Waals surface area contributed by atoms with Crippen molar-refractivity contribution in [3.8, 4) is 5.75 Å². The molecule has 6 nitrogen and oxygen atoms in total. The summed E-state index contributed by atoms with van der Waals surface area (Å²) < 4.78 is 18.4. The summed E-state index contributed by atoms with van der Waals surface area (Å²) in [5.74, 6) is -0.555. The highest BCUT2D eigenvalue weighted by atomic mass is 35.5. The first-order valence-electron chi connectivity index (χ1n) is 7.78. The molecule has 0 aliphatic heterocycles. The number of halogens is 2. The molecular weight excluding hydrogens is 361 g/mol. The Morgan fingerprint density at radius 1 is 1.12 bits per heavy atom. The number of benzene rings is 2. The van der Waals surface area contributed by atoms with Crippen LogP contribution in [0.1, 0.15) is 13.8 Å². The first-order valence-corrected chi connectivity index (χ1v) is 8.16. The Morgan fingerprint density at radius 3 is 2.46 bits per heavy atom. The van der Waals surface area contributed by atoms with Crippen LogP contribution in [0.4, 0.5) is 21.5 Å². The van der Waals surface area contributed by atoms with E-state index in [-0.39, 0.29) is 16.8 Å². The summed E-state index contributed by atoms with van der Waals surface area (Å²) in [5, 5.41) is 8.42. The zero-order chi connectivity index (χ0) is 19.3. The molecular formula is C18H19ClFN3O3. The smallest absolute Gasteiger partial charge is 0.246 e. The highest BCUT2D eigenvalue weighted by molar-refractivity contribution is 6.33. The van der Waals surface area contributed by atoms with Crippen molar-refractivity contribution in [2.24, 2.45) is 0 Å². The molecule has 1 atom stereocenters. The third kappa shape index (κ3) is 5.10. The molecule has 0 heterocycles. The van der Waals surface area contributed by atoms with E-state index in [0.717, 1.165) is 6.07 Å². The average molecular weight is 380 g/mol. The number of carbonyl (C=O) groups excluding carboxylic acids is 2. The second-order valence-corrected chi connectivity index (χ2v) is 5.98. The summed E-state index contributed by atoms with van der Waals surface area (Å²) in [6.45, 7) is 3.05. The summed E-state index contributed by atoms with van der Waals surface area (Å²) >= 11 is 5.92.